The van der Waals surface area contributed by atoms with Crippen LogP contribution < -0.4 is 5.32 Å². The first-order chi connectivity index (χ1) is 16.1. The van der Waals surface area contributed by atoms with Crippen LogP contribution in [0.15, 0.2) is 50.5 Å². The number of esters is 1. The minimum absolute atomic E-state index is 0.0476. The Morgan fingerprint density at radius 3 is 2.82 bits per heavy atom. The van der Waals surface area contributed by atoms with Crippen molar-refractivity contribution in [2.24, 2.45) is 4.99 Å². The molecule has 3 heterocycles. The number of nitrogens with zero attached hydrogens (tertiary/aromatic N) is 3. The zero-order chi connectivity index (χ0) is 24.6. The van der Waals surface area contributed by atoms with Crippen LogP contribution in [0.3, 0.4) is 0 Å². The molecule has 0 saturated carbocycles. The normalized spacial score (nSPS) is 22.3. The van der Waals surface area contributed by atoms with E-state index in [9.17, 15) is 23.5 Å². The Kier molecular flexibility index (Phi) is 7.04. The van der Waals surface area contributed by atoms with Crippen molar-refractivity contribution in [2.45, 2.75) is 24.4 Å². The van der Waals surface area contributed by atoms with Gasteiger partial charge in [-0.3, -0.25) is 14.7 Å². The van der Waals surface area contributed by atoms with E-state index in [1.54, 1.807) is 29.8 Å². The number of alkyl halides is 2. The maximum atomic E-state index is 14.1. The quantitative estimate of drug-likeness (QED) is 0.504. The van der Waals surface area contributed by atoms with E-state index in [-0.39, 0.29) is 17.8 Å². The Hall–Kier alpha value is -2.41. The molecule has 0 bridgehead atoms. The zero-order valence-corrected chi connectivity index (χ0v) is 20.8. The summed E-state index contributed by atoms with van der Waals surface area (Å²) in [6.07, 6.45) is 0.755. The molecule has 180 valence electrons. The second-order valence-electron chi connectivity index (χ2n) is 7.71. The lowest BCUT2D eigenvalue weighted by atomic mass is 9.95. The van der Waals surface area contributed by atoms with Gasteiger partial charge in [-0.2, -0.15) is 0 Å². The number of carboxylic acids is 1. The zero-order valence-electron chi connectivity index (χ0n) is 17.6. The Labute approximate surface area is 210 Å². The van der Waals surface area contributed by atoms with Crippen LogP contribution >= 0.6 is 38.9 Å². The lowest BCUT2D eigenvalue weighted by Gasteiger charge is -2.30. The maximum absolute atomic E-state index is 14.1. The number of methoxy groups -OCH3 is 1. The van der Waals surface area contributed by atoms with Gasteiger partial charge in [0.2, 0.25) is 0 Å². The fraction of sp³-hybridized carbons (Fsp3) is 0.333. The highest BCUT2D eigenvalue weighted by Gasteiger charge is 2.49. The molecule has 2 aliphatic heterocycles. The Morgan fingerprint density at radius 1 is 1.44 bits per heavy atom. The largest absolute Gasteiger partial charge is 0.480 e. The van der Waals surface area contributed by atoms with Crippen LogP contribution in [0.5, 0.6) is 0 Å². The molecule has 1 fully saturated rings. The molecule has 1 saturated heterocycles. The predicted octanol–water partition coefficient (Wildman–Crippen LogP) is 3.87. The number of aliphatic carboxylic acids is 1. The summed E-state index contributed by atoms with van der Waals surface area (Å²) in [5.74, 6) is -4.98. The highest BCUT2D eigenvalue weighted by Crippen LogP contribution is 2.39. The second-order valence-corrected chi connectivity index (χ2v) is 9.93. The van der Waals surface area contributed by atoms with E-state index in [1.165, 1.54) is 18.4 Å². The number of amidine groups is 1. The third-order valence-electron chi connectivity index (χ3n) is 5.44. The van der Waals surface area contributed by atoms with Crippen LogP contribution in [0.25, 0.3) is 0 Å². The minimum atomic E-state index is -3.18. The summed E-state index contributed by atoms with van der Waals surface area (Å²) in [5.41, 5.74) is 0.728. The molecule has 0 unspecified atom stereocenters. The molecule has 34 heavy (non-hydrogen) atoms. The van der Waals surface area contributed by atoms with Crippen molar-refractivity contribution in [3.63, 3.8) is 0 Å². The molecular weight excluding hydrogens is 558 g/mol. The number of carbonyl (C=O) groups excluding carboxylic acids is 1. The highest BCUT2D eigenvalue weighted by atomic mass is 79.9. The number of nitrogens with one attached hydrogen (secondary N) is 1. The molecule has 13 heteroatoms. The summed E-state index contributed by atoms with van der Waals surface area (Å²) in [6.45, 7) is -1.04. The molecule has 0 aliphatic carbocycles. The van der Waals surface area contributed by atoms with E-state index < -0.39 is 42.9 Å². The standard InChI is InChI=1S/C21H18BrClF2N4O4S/c1-33-20(32)15-13(8-29-9-21(24,25)7-14(29)19(30)31)27-17(18-26-4-5-34-18)28-16(15)11-3-2-10(22)6-12(11)23/h2-6,14,16H,7-9H2,1H3,(H,27,28)(H,30,31)/t14-,16-/m0/s1. The molecule has 0 radical (unpaired) electrons. The molecule has 0 amide bonds. The first-order valence-corrected chi connectivity index (χ1v) is 12.0. The van der Waals surface area contributed by atoms with Crippen molar-refractivity contribution < 1.29 is 28.2 Å². The maximum Gasteiger partial charge on any atom is 0.338 e. The third kappa shape index (κ3) is 4.99. The number of thiazole rings is 1. The number of rotatable bonds is 6. The number of carbonyl (C=O) groups is 2. The summed E-state index contributed by atoms with van der Waals surface area (Å²) in [5, 5.41) is 15.1. The molecule has 4 rings (SSSR count). The monoisotopic (exact) mass is 574 g/mol. The topological polar surface area (TPSA) is 104 Å². The summed E-state index contributed by atoms with van der Waals surface area (Å²) < 4.78 is 34.0. The molecule has 2 N–H and O–H groups in total. The van der Waals surface area contributed by atoms with Gasteiger partial charge < -0.3 is 15.2 Å². The van der Waals surface area contributed by atoms with Crippen LogP contribution in [0.4, 0.5) is 8.78 Å². The van der Waals surface area contributed by atoms with E-state index in [2.05, 4.69) is 31.2 Å². The average Bonchev–Trinajstić information content (AvgIpc) is 3.40. The molecular formula is C21H18BrClF2N4O4S. The minimum Gasteiger partial charge on any atom is -0.480 e. The van der Waals surface area contributed by atoms with Gasteiger partial charge in [-0.05, 0) is 12.1 Å². The third-order valence-corrected chi connectivity index (χ3v) is 7.04. The summed E-state index contributed by atoms with van der Waals surface area (Å²) in [7, 11) is 1.19. The smallest absolute Gasteiger partial charge is 0.338 e. The number of carboxylic acid groups (broad SMARTS) is 1. The molecule has 1 aromatic carbocycles. The van der Waals surface area contributed by atoms with E-state index in [0.717, 1.165) is 4.90 Å². The van der Waals surface area contributed by atoms with Gasteiger partial charge in [0.05, 0.1) is 19.2 Å². The van der Waals surface area contributed by atoms with Crippen molar-refractivity contribution in [3.05, 3.63) is 61.1 Å². The second kappa shape index (κ2) is 9.68. The van der Waals surface area contributed by atoms with Gasteiger partial charge in [-0.25, -0.2) is 18.6 Å². The van der Waals surface area contributed by atoms with Crippen LogP contribution in [0.2, 0.25) is 5.02 Å². The molecule has 0 spiro atoms. The van der Waals surface area contributed by atoms with E-state index in [4.69, 9.17) is 16.3 Å². The fourth-order valence-corrected chi connectivity index (χ4v) is 5.33. The number of benzene rings is 1. The Balaban J connectivity index is 1.84. The van der Waals surface area contributed by atoms with Crippen molar-refractivity contribution in [2.75, 3.05) is 20.2 Å². The van der Waals surface area contributed by atoms with Crippen molar-refractivity contribution in [1.29, 1.82) is 0 Å². The lowest BCUT2D eigenvalue weighted by Crippen LogP contribution is -2.43. The fourth-order valence-electron chi connectivity index (χ4n) is 3.96. The number of likely N-dealkylation sites (tertiary alicyclic amines) is 1. The molecule has 2 atom stereocenters. The first-order valence-electron chi connectivity index (χ1n) is 9.95. The number of hydrogen-bond acceptors (Lipinski definition) is 8. The highest BCUT2D eigenvalue weighted by molar-refractivity contribution is 9.10. The average molecular weight is 576 g/mol. The van der Waals surface area contributed by atoms with Crippen LogP contribution in [0, 0.1) is 0 Å². The number of aromatic nitrogens is 1. The van der Waals surface area contributed by atoms with Gasteiger partial charge in [0.25, 0.3) is 5.92 Å². The van der Waals surface area contributed by atoms with Crippen LogP contribution in [-0.4, -0.2) is 64.9 Å². The Morgan fingerprint density at radius 2 is 2.21 bits per heavy atom. The van der Waals surface area contributed by atoms with Gasteiger partial charge in [0.15, 0.2) is 10.8 Å². The van der Waals surface area contributed by atoms with Gasteiger partial charge in [-0.15, -0.1) is 11.3 Å². The number of ether oxygens (including phenoxy) is 1. The number of aliphatic imine (C=N–C) groups is 1. The number of halogens is 4. The van der Waals surface area contributed by atoms with Crippen molar-refractivity contribution in [3.8, 4) is 0 Å². The molecule has 8 nitrogen and oxygen atoms in total. The van der Waals surface area contributed by atoms with E-state index in [0.29, 0.717) is 25.9 Å². The van der Waals surface area contributed by atoms with Crippen LogP contribution in [0.1, 0.15) is 23.0 Å². The Bertz CT molecular complexity index is 1190. The summed E-state index contributed by atoms with van der Waals surface area (Å²) in [6, 6.07) is 2.72. The molecule has 1 aromatic heterocycles. The predicted molar refractivity (Wildman–Crippen MR) is 125 cm³/mol. The van der Waals surface area contributed by atoms with Crippen LogP contribution in [-0.2, 0) is 14.3 Å². The van der Waals surface area contributed by atoms with Gasteiger partial charge in [0, 0.05) is 45.3 Å². The van der Waals surface area contributed by atoms with Crippen molar-refractivity contribution in [1.82, 2.24) is 15.2 Å². The van der Waals surface area contributed by atoms with Gasteiger partial charge in [0.1, 0.15) is 12.1 Å². The van der Waals surface area contributed by atoms with Gasteiger partial charge >= 0.3 is 11.9 Å². The SMILES string of the molecule is COC(=O)C1=C(CN2CC(F)(F)C[C@H]2C(=O)O)NC(c2nccs2)=N[C@H]1c1ccc(Br)cc1Cl. The van der Waals surface area contributed by atoms with E-state index in [1.807, 2.05) is 0 Å². The molecule has 2 aliphatic rings. The van der Waals surface area contributed by atoms with E-state index >= 15 is 0 Å². The summed E-state index contributed by atoms with van der Waals surface area (Å²) in [4.78, 5) is 34.6. The van der Waals surface area contributed by atoms with Crippen molar-refractivity contribution >= 4 is 56.6 Å². The summed E-state index contributed by atoms with van der Waals surface area (Å²) >= 11 is 11.1. The lowest BCUT2D eigenvalue weighted by molar-refractivity contribution is -0.142. The first kappa shape index (κ1) is 24.7. The van der Waals surface area contributed by atoms with Gasteiger partial charge in [-0.1, -0.05) is 33.6 Å². The number of hydrogen-bond donors (Lipinski definition) is 2. The molecule has 2 aromatic rings.